The molecule has 6 nitrogen and oxygen atoms in total. The smallest absolute Gasteiger partial charge is 0.272 e. The van der Waals surface area contributed by atoms with Gasteiger partial charge in [-0.15, -0.1) is 11.3 Å². The highest BCUT2D eigenvalue weighted by Gasteiger charge is 2.15. The van der Waals surface area contributed by atoms with Crippen molar-refractivity contribution in [3.05, 3.63) is 69.0 Å². The number of nitrogens with one attached hydrogen (secondary N) is 2. The van der Waals surface area contributed by atoms with E-state index in [0.29, 0.717) is 22.3 Å². The minimum Gasteiger partial charge on any atom is -0.347 e. The van der Waals surface area contributed by atoms with Crippen molar-refractivity contribution in [2.45, 2.75) is 6.54 Å². The van der Waals surface area contributed by atoms with Gasteiger partial charge in [-0.1, -0.05) is 29.8 Å². The predicted molar refractivity (Wildman–Crippen MR) is 98.1 cm³/mol. The van der Waals surface area contributed by atoms with E-state index in [1.165, 1.54) is 16.0 Å². The van der Waals surface area contributed by atoms with E-state index in [0.717, 1.165) is 5.56 Å². The highest BCUT2D eigenvalue weighted by Crippen LogP contribution is 2.14. The molecular formula is C17H15ClN4O2S. The summed E-state index contributed by atoms with van der Waals surface area (Å²) in [6.07, 6.45) is 0. The van der Waals surface area contributed by atoms with Gasteiger partial charge in [0.1, 0.15) is 5.82 Å². The monoisotopic (exact) mass is 374 g/mol. The van der Waals surface area contributed by atoms with E-state index in [1.807, 2.05) is 17.5 Å². The Kier molecular flexibility index (Phi) is 5.16. The van der Waals surface area contributed by atoms with Crippen molar-refractivity contribution in [2.75, 3.05) is 5.32 Å². The zero-order valence-corrected chi connectivity index (χ0v) is 14.9. The van der Waals surface area contributed by atoms with Gasteiger partial charge in [-0.2, -0.15) is 5.10 Å². The number of carbonyl (C=O) groups is 2. The number of benzene rings is 1. The van der Waals surface area contributed by atoms with Crippen LogP contribution in [-0.2, 0) is 13.6 Å². The number of nitrogens with zero attached hydrogens (tertiary/aromatic N) is 2. The van der Waals surface area contributed by atoms with Crippen LogP contribution >= 0.6 is 22.9 Å². The van der Waals surface area contributed by atoms with Crippen LogP contribution in [0.2, 0.25) is 5.02 Å². The Balaban J connectivity index is 1.63. The van der Waals surface area contributed by atoms with Crippen LogP contribution in [0, 0.1) is 0 Å². The van der Waals surface area contributed by atoms with Crippen molar-refractivity contribution >= 4 is 40.6 Å². The third-order valence-corrected chi connectivity index (χ3v) is 4.59. The topological polar surface area (TPSA) is 76.0 Å². The van der Waals surface area contributed by atoms with Crippen LogP contribution in [-0.4, -0.2) is 21.6 Å². The van der Waals surface area contributed by atoms with Crippen LogP contribution in [0.4, 0.5) is 5.82 Å². The SMILES string of the molecule is Cn1nc(C(=O)NCc2ccc(Cl)cc2)cc1NC(=O)c1cccs1. The third-order valence-electron chi connectivity index (χ3n) is 3.47. The molecule has 0 fully saturated rings. The number of anilines is 1. The molecular weight excluding hydrogens is 360 g/mol. The molecule has 3 aromatic rings. The molecule has 0 aliphatic carbocycles. The molecule has 0 aliphatic heterocycles. The van der Waals surface area contributed by atoms with Gasteiger partial charge in [0.2, 0.25) is 0 Å². The lowest BCUT2D eigenvalue weighted by Gasteiger charge is -2.03. The molecule has 1 aromatic carbocycles. The fourth-order valence-corrected chi connectivity index (χ4v) is 2.90. The molecule has 0 spiro atoms. The Labute approximate surface area is 153 Å². The normalized spacial score (nSPS) is 10.5. The van der Waals surface area contributed by atoms with Crippen LogP contribution in [0.15, 0.2) is 47.8 Å². The van der Waals surface area contributed by atoms with E-state index in [2.05, 4.69) is 15.7 Å². The molecule has 0 atom stereocenters. The zero-order valence-electron chi connectivity index (χ0n) is 13.3. The fourth-order valence-electron chi connectivity index (χ4n) is 2.16. The van der Waals surface area contributed by atoms with Crippen molar-refractivity contribution in [1.82, 2.24) is 15.1 Å². The van der Waals surface area contributed by atoms with Crippen molar-refractivity contribution in [3.8, 4) is 0 Å². The van der Waals surface area contributed by atoms with E-state index in [1.54, 1.807) is 37.4 Å². The van der Waals surface area contributed by atoms with E-state index in [4.69, 9.17) is 11.6 Å². The summed E-state index contributed by atoms with van der Waals surface area (Å²) >= 11 is 7.18. The summed E-state index contributed by atoms with van der Waals surface area (Å²) in [4.78, 5) is 24.9. The molecule has 2 amide bonds. The molecule has 3 rings (SSSR count). The lowest BCUT2D eigenvalue weighted by Crippen LogP contribution is -2.23. The van der Waals surface area contributed by atoms with Crippen molar-refractivity contribution in [2.24, 2.45) is 7.05 Å². The Morgan fingerprint density at radius 1 is 1.20 bits per heavy atom. The minimum absolute atomic E-state index is 0.230. The quantitative estimate of drug-likeness (QED) is 0.719. The molecule has 0 aliphatic rings. The molecule has 0 unspecified atom stereocenters. The lowest BCUT2D eigenvalue weighted by atomic mass is 10.2. The van der Waals surface area contributed by atoms with Gasteiger partial charge in [0, 0.05) is 24.7 Å². The number of aromatic nitrogens is 2. The van der Waals surface area contributed by atoms with Crippen molar-refractivity contribution in [1.29, 1.82) is 0 Å². The summed E-state index contributed by atoms with van der Waals surface area (Å²) in [5.74, 6) is -0.0941. The van der Waals surface area contributed by atoms with Gasteiger partial charge in [-0.3, -0.25) is 14.3 Å². The first-order chi connectivity index (χ1) is 12.0. The average molecular weight is 375 g/mol. The Bertz CT molecular complexity index is 888. The molecule has 0 radical (unpaired) electrons. The maximum absolute atomic E-state index is 12.2. The maximum atomic E-state index is 12.2. The third kappa shape index (κ3) is 4.26. The molecule has 0 saturated carbocycles. The summed E-state index contributed by atoms with van der Waals surface area (Å²) in [6, 6.07) is 12.3. The summed E-state index contributed by atoms with van der Waals surface area (Å²) in [7, 11) is 1.67. The molecule has 2 heterocycles. The lowest BCUT2D eigenvalue weighted by molar-refractivity contribution is 0.0944. The highest BCUT2D eigenvalue weighted by molar-refractivity contribution is 7.12. The molecule has 25 heavy (non-hydrogen) atoms. The molecule has 2 aromatic heterocycles. The van der Waals surface area contributed by atoms with Gasteiger partial charge in [0.15, 0.2) is 5.69 Å². The van der Waals surface area contributed by atoms with Gasteiger partial charge in [0.25, 0.3) is 11.8 Å². The molecule has 2 N–H and O–H groups in total. The molecule has 0 saturated heterocycles. The van der Waals surface area contributed by atoms with E-state index >= 15 is 0 Å². The number of hydrogen-bond donors (Lipinski definition) is 2. The van der Waals surface area contributed by atoms with Crippen molar-refractivity contribution < 1.29 is 9.59 Å². The molecule has 128 valence electrons. The molecule has 8 heteroatoms. The summed E-state index contributed by atoms with van der Waals surface area (Å²) < 4.78 is 1.46. The number of hydrogen-bond acceptors (Lipinski definition) is 4. The van der Waals surface area contributed by atoms with Gasteiger partial charge >= 0.3 is 0 Å². The second-order valence-electron chi connectivity index (χ2n) is 5.28. The van der Waals surface area contributed by atoms with Crippen LogP contribution in [0.1, 0.15) is 25.7 Å². The van der Waals surface area contributed by atoms with E-state index in [-0.39, 0.29) is 17.5 Å². The zero-order chi connectivity index (χ0) is 17.8. The fraction of sp³-hybridized carbons (Fsp3) is 0.118. The van der Waals surface area contributed by atoms with Crippen LogP contribution in [0.5, 0.6) is 0 Å². The maximum Gasteiger partial charge on any atom is 0.272 e. The Morgan fingerprint density at radius 2 is 1.96 bits per heavy atom. The number of thiophene rings is 1. The minimum atomic E-state index is -0.317. The standard InChI is InChI=1S/C17H15ClN4O2S/c1-22-15(20-17(24)14-3-2-8-25-14)9-13(21-22)16(23)19-10-11-4-6-12(18)7-5-11/h2-9H,10H2,1H3,(H,19,23)(H,20,24). The number of rotatable bonds is 5. The number of aryl methyl sites for hydroxylation is 1. The predicted octanol–water partition coefficient (Wildman–Crippen LogP) is 3.32. The van der Waals surface area contributed by atoms with Crippen LogP contribution in [0.25, 0.3) is 0 Å². The number of amides is 2. The van der Waals surface area contributed by atoms with Gasteiger partial charge in [-0.05, 0) is 29.1 Å². The van der Waals surface area contributed by atoms with E-state index < -0.39 is 0 Å². The second kappa shape index (κ2) is 7.50. The van der Waals surface area contributed by atoms with Gasteiger partial charge in [0.05, 0.1) is 4.88 Å². The largest absolute Gasteiger partial charge is 0.347 e. The number of carbonyl (C=O) groups excluding carboxylic acids is 2. The molecule has 0 bridgehead atoms. The summed E-state index contributed by atoms with van der Waals surface area (Å²) in [5, 5.41) is 12.1. The van der Waals surface area contributed by atoms with Crippen LogP contribution in [0.3, 0.4) is 0 Å². The number of halogens is 1. The highest BCUT2D eigenvalue weighted by atomic mass is 35.5. The first-order valence-corrected chi connectivity index (χ1v) is 8.70. The Morgan fingerprint density at radius 3 is 2.64 bits per heavy atom. The first kappa shape index (κ1) is 17.2. The van der Waals surface area contributed by atoms with E-state index in [9.17, 15) is 9.59 Å². The average Bonchev–Trinajstić information content (AvgIpc) is 3.25. The first-order valence-electron chi connectivity index (χ1n) is 7.44. The van der Waals surface area contributed by atoms with Crippen LogP contribution < -0.4 is 10.6 Å². The second-order valence-corrected chi connectivity index (χ2v) is 6.66. The summed E-state index contributed by atoms with van der Waals surface area (Å²) in [6.45, 7) is 0.365. The summed E-state index contributed by atoms with van der Waals surface area (Å²) in [5.41, 5.74) is 1.16. The Hall–Kier alpha value is -2.64. The van der Waals surface area contributed by atoms with Gasteiger partial charge in [-0.25, -0.2) is 0 Å². The van der Waals surface area contributed by atoms with Crippen molar-refractivity contribution in [3.63, 3.8) is 0 Å². The van der Waals surface area contributed by atoms with Gasteiger partial charge < -0.3 is 10.6 Å².